The zero-order chi connectivity index (χ0) is 21.5. The van der Waals surface area contributed by atoms with Gasteiger partial charge < -0.3 is 9.64 Å². The highest BCUT2D eigenvalue weighted by atomic mass is 16.5. The summed E-state index contributed by atoms with van der Waals surface area (Å²) in [5.74, 6) is -1.10. The van der Waals surface area contributed by atoms with Crippen LogP contribution >= 0.6 is 0 Å². The number of ether oxygens (including phenoxy) is 1. The van der Waals surface area contributed by atoms with Crippen molar-refractivity contribution in [3.63, 3.8) is 0 Å². The molecule has 3 aromatic rings. The van der Waals surface area contributed by atoms with Crippen LogP contribution in [-0.2, 0) is 14.9 Å². The first-order valence-electron chi connectivity index (χ1n) is 9.53. The Kier molecular flexibility index (Phi) is 4.73. The first-order valence-corrected chi connectivity index (χ1v) is 9.53. The van der Waals surface area contributed by atoms with Crippen LogP contribution in [0.2, 0.25) is 0 Å². The lowest BCUT2D eigenvalue weighted by Crippen LogP contribution is -2.25. The van der Waals surface area contributed by atoms with Gasteiger partial charge in [0, 0.05) is 35.3 Å². The second kappa shape index (κ2) is 7.26. The molecule has 0 fully saturated rings. The smallest absolute Gasteiger partial charge is 0.359 e. The van der Waals surface area contributed by atoms with Crippen molar-refractivity contribution in [1.29, 1.82) is 0 Å². The van der Waals surface area contributed by atoms with Gasteiger partial charge in [0.05, 0.1) is 5.39 Å². The number of carbonyl (C=O) groups is 2. The van der Waals surface area contributed by atoms with Gasteiger partial charge >= 0.3 is 5.97 Å². The Morgan fingerprint density at radius 1 is 1.10 bits per heavy atom. The largest absolute Gasteiger partial charge is 0.453 e. The summed E-state index contributed by atoms with van der Waals surface area (Å²) in [5.41, 5.74) is 2.24. The van der Waals surface area contributed by atoms with Crippen molar-refractivity contribution < 1.29 is 14.3 Å². The summed E-state index contributed by atoms with van der Waals surface area (Å²) in [6.07, 6.45) is 1.52. The van der Waals surface area contributed by atoms with Crippen LogP contribution in [0.3, 0.4) is 0 Å². The fourth-order valence-corrected chi connectivity index (χ4v) is 3.93. The number of rotatable bonds is 4. The van der Waals surface area contributed by atoms with Gasteiger partial charge in [-0.15, -0.1) is 0 Å². The van der Waals surface area contributed by atoms with Gasteiger partial charge in [0.2, 0.25) is 0 Å². The minimum absolute atomic E-state index is 0.0311. The van der Waals surface area contributed by atoms with Gasteiger partial charge in [-0.25, -0.2) is 9.89 Å². The predicted octanol–water partition coefficient (Wildman–Crippen LogP) is 2.96. The predicted molar refractivity (Wildman–Crippen MR) is 114 cm³/mol. The van der Waals surface area contributed by atoms with E-state index in [0.717, 1.165) is 16.9 Å². The van der Waals surface area contributed by atoms with Crippen LogP contribution in [-0.4, -0.2) is 35.6 Å². The van der Waals surface area contributed by atoms with Crippen molar-refractivity contribution in [2.24, 2.45) is 0 Å². The van der Waals surface area contributed by atoms with E-state index >= 15 is 0 Å². The van der Waals surface area contributed by atoms with E-state index in [1.807, 2.05) is 36.2 Å². The van der Waals surface area contributed by atoms with E-state index in [4.69, 9.17) is 4.74 Å². The Labute approximate surface area is 173 Å². The highest BCUT2D eigenvalue weighted by Gasteiger charge is 2.38. The molecule has 7 heteroatoms. The van der Waals surface area contributed by atoms with Crippen molar-refractivity contribution in [3.8, 4) is 0 Å². The standard InChI is InChI=1S/C23H21N3O4/c1-23(2)17-10-6-7-11-18(17)26(3)19(23)12-14(27)13-30-22(29)20-15-8-4-5-9-16(15)21(28)25-24-20/h4-12H,13H2,1-3H3,(H,25,28)/b19-12-. The second-order valence-corrected chi connectivity index (χ2v) is 7.72. The molecule has 4 rings (SSSR count). The molecule has 2 aromatic carbocycles. The first-order chi connectivity index (χ1) is 14.3. The van der Waals surface area contributed by atoms with Gasteiger partial charge in [-0.3, -0.25) is 9.59 Å². The maximum absolute atomic E-state index is 12.6. The number of hydrogen-bond acceptors (Lipinski definition) is 6. The van der Waals surface area contributed by atoms with E-state index in [2.05, 4.69) is 24.0 Å². The molecule has 7 nitrogen and oxygen atoms in total. The van der Waals surface area contributed by atoms with Crippen molar-refractivity contribution >= 4 is 28.2 Å². The Balaban J connectivity index is 1.53. The number of ketones is 1. The van der Waals surface area contributed by atoms with E-state index in [1.165, 1.54) is 6.08 Å². The number of para-hydroxylation sites is 1. The number of nitrogens with zero attached hydrogens (tertiary/aromatic N) is 2. The van der Waals surface area contributed by atoms with Gasteiger partial charge in [0.1, 0.15) is 0 Å². The molecule has 30 heavy (non-hydrogen) atoms. The Hall–Kier alpha value is -3.74. The number of allylic oxidation sites excluding steroid dienone is 1. The maximum Gasteiger partial charge on any atom is 0.359 e. The number of H-pyrrole nitrogens is 1. The highest BCUT2D eigenvalue weighted by Crippen LogP contribution is 2.46. The summed E-state index contributed by atoms with van der Waals surface area (Å²) >= 11 is 0. The molecule has 1 aliphatic rings. The second-order valence-electron chi connectivity index (χ2n) is 7.72. The van der Waals surface area contributed by atoms with Gasteiger partial charge in [-0.2, -0.15) is 5.10 Å². The first kappa shape index (κ1) is 19.6. The normalized spacial score (nSPS) is 16.0. The third kappa shape index (κ3) is 3.18. The molecule has 0 spiro atoms. The number of esters is 1. The van der Waals surface area contributed by atoms with Gasteiger partial charge in [-0.1, -0.05) is 50.2 Å². The van der Waals surface area contributed by atoms with E-state index in [-0.39, 0.29) is 16.9 Å². The highest BCUT2D eigenvalue weighted by molar-refractivity contribution is 6.03. The summed E-state index contributed by atoms with van der Waals surface area (Å²) in [5, 5.41) is 6.80. The molecule has 1 aromatic heterocycles. The number of nitrogens with one attached hydrogen (secondary N) is 1. The number of benzene rings is 2. The number of anilines is 1. The lowest BCUT2D eigenvalue weighted by atomic mass is 9.83. The molecule has 0 atom stereocenters. The lowest BCUT2D eigenvalue weighted by molar-refractivity contribution is -0.117. The zero-order valence-electron chi connectivity index (χ0n) is 16.9. The molecule has 1 aliphatic heterocycles. The number of hydrogen-bond donors (Lipinski definition) is 1. The third-order valence-electron chi connectivity index (χ3n) is 5.47. The summed E-state index contributed by atoms with van der Waals surface area (Å²) in [4.78, 5) is 38.9. The fourth-order valence-electron chi connectivity index (χ4n) is 3.93. The summed E-state index contributed by atoms with van der Waals surface area (Å²) in [7, 11) is 1.91. The molecule has 0 saturated carbocycles. The minimum atomic E-state index is -0.767. The average molecular weight is 403 g/mol. The Morgan fingerprint density at radius 2 is 1.77 bits per heavy atom. The molecular formula is C23H21N3O4. The number of carbonyl (C=O) groups excluding carboxylic acids is 2. The number of aromatic amines is 1. The molecular weight excluding hydrogens is 382 g/mol. The zero-order valence-corrected chi connectivity index (χ0v) is 16.9. The molecule has 0 amide bonds. The maximum atomic E-state index is 12.6. The lowest BCUT2D eigenvalue weighted by Gasteiger charge is -2.23. The molecule has 0 bridgehead atoms. The van der Waals surface area contributed by atoms with Crippen LogP contribution < -0.4 is 10.5 Å². The van der Waals surface area contributed by atoms with Crippen molar-refractivity contribution in [3.05, 3.63) is 81.9 Å². The van der Waals surface area contributed by atoms with Crippen molar-refractivity contribution in [1.82, 2.24) is 10.2 Å². The van der Waals surface area contributed by atoms with Crippen molar-refractivity contribution in [2.45, 2.75) is 19.3 Å². The fraction of sp³-hybridized carbons (Fsp3) is 0.217. The molecule has 0 radical (unpaired) electrons. The molecule has 0 saturated heterocycles. The van der Waals surface area contributed by atoms with Crippen LogP contribution in [0.5, 0.6) is 0 Å². The monoisotopic (exact) mass is 403 g/mol. The van der Waals surface area contributed by atoms with E-state index < -0.39 is 18.1 Å². The third-order valence-corrected chi connectivity index (χ3v) is 5.47. The molecule has 2 heterocycles. The SMILES string of the molecule is CN1/C(=C\C(=O)COC(=O)c2n[nH]c(=O)c3ccccc23)C(C)(C)c2ccccc21. The van der Waals surface area contributed by atoms with Crippen LogP contribution in [0.25, 0.3) is 10.8 Å². The van der Waals surface area contributed by atoms with Gasteiger partial charge in [0.25, 0.3) is 5.56 Å². The summed E-state index contributed by atoms with van der Waals surface area (Å²) < 4.78 is 5.19. The van der Waals surface area contributed by atoms with E-state index in [0.29, 0.717) is 10.8 Å². The molecule has 1 N–H and O–H groups in total. The van der Waals surface area contributed by atoms with Crippen LogP contribution in [0, 0.1) is 0 Å². The molecule has 152 valence electrons. The van der Waals surface area contributed by atoms with Crippen LogP contribution in [0.15, 0.2) is 65.1 Å². The number of likely N-dealkylation sites (N-methyl/N-ethyl adjacent to an activating group) is 1. The van der Waals surface area contributed by atoms with E-state index in [1.54, 1.807) is 24.3 Å². The van der Waals surface area contributed by atoms with E-state index in [9.17, 15) is 14.4 Å². The number of aromatic nitrogens is 2. The van der Waals surface area contributed by atoms with Gasteiger partial charge in [0.15, 0.2) is 18.1 Å². The summed E-state index contributed by atoms with van der Waals surface area (Å²) in [6, 6.07) is 14.6. The number of fused-ring (bicyclic) bond motifs is 2. The van der Waals surface area contributed by atoms with Crippen LogP contribution in [0.4, 0.5) is 5.69 Å². The topological polar surface area (TPSA) is 92.4 Å². The quantitative estimate of drug-likeness (QED) is 0.532. The average Bonchev–Trinajstić information content (AvgIpc) is 2.93. The van der Waals surface area contributed by atoms with Gasteiger partial charge in [-0.05, 0) is 17.7 Å². The molecule has 0 aliphatic carbocycles. The summed E-state index contributed by atoms with van der Waals surface area (Å²) in [6.45, 7) is 3.69. The Morgan fingerprint density at radius 3 is 2.50 bits per heavy atom. The Bertz CT molecular complexity index is 1260. The van der Waals surface area contributed by atoms with Crippen LogP contribution in [0.1, 0.15) is 29.9 Å². The molecule has 0 unspecified atom stereocenters. The minimum Gasteiger partial charge on any atom is -0.453 e. The van der Waals surface area contributed by atoms with Crippen molar-refractivity contribution in [2.75, 3.05) is 18.6 Å².